The second-order valence-electron chi connectivity index (χ2n) is 6.43. The van der Waals surface area contributed by atoms with Crippen molar-refractivity contribution in [1.29, 1.82) is 0 Å². The van der Waals surface area contributed by atoms with Gasteiger partial charge in [0, 0.05) is 17.3 Å². The molecule has 3 amide bonds. The number of anilines is 1. The summed E-state index contributed by atoms with van der Waals surface area (Å²) in [6, 6.07) is 7.25. The summed E-state index contributed by atoms with van der Waals surface area (Å²) in [6.07, 6.45) is 0.390. The van der Waals surface area contributed by atoms with Gasteiger partial charge in [0.1, 0.15) is 10.3 Å². The van der Waals surface area contributed by atoms with Crippen molar-refractivity contribution in [1.82, 2.24) is 20.2 Å². The van der Waals surface area contributed by atoms with Crippen molar-refractivity contribution in [2.75, 3.05) is 5.32 Å². The number of carbonyl (C=O) groups excluding carboxylic acids is 3. The molecule has 1 unspecified atom stereocenters. The number of hydroxylamine groups is 1. The number of benzene rings is 1. The lowest BCUT2D eigenvalue weighted by molar-refractivity contribution is -0.131. The number of nitrogens with two attached hydrogens (primary N) is 1. The average molecular weight is 577 g/mol. The maximum Gasteiger partial charge on any atom is 0.277 e. The highest BCUT2D eigenvalue weighted by atomic mass is 79.9. The number of nitrogens with zero attached hydrogens (tertiary/aromatic N) is 3. The van der Waals surface area contributed by atoms with Crippen molar-refractivity contribution in [3.8, 4) is 5.82 Å². The summed E-state index contributed by atoms with van der Waals surface area (Å²) in [4.78, 5) is 46.0. The van der Waals surface area contributed by atoms with Gasteiger partial charge in [-0.3, -0.25) is 19.2 Å². The summed E-state index contributed by atoms with van der Waals surface area (Å²) in [5.41, 5.74) is 7.03. The van der Waals surface area contributed by atoms with E-state index in [0.29, 0.717) is 4.60 Å². The molecule has 0 aliphatic heterocycles. The van der Waals surface area contributed by atoms with Crippen molar-refractivity contribution < 1.29 is 19.2 Å². The number of primary amides is 1. The van der Waals surface area contributed by atoms with Gasteiger partial charge in [-0.2, -0.15) is 5.10 Å². The number of carbonyl (C=O) groups is 3. The topological polar surface area (TPSA) is 141 Å². The van der Waals surface area contributed by atoms with E-state index in [9.17, 15) is 14.4 Å². The van der Waals surface area contributed by atoms with E-state index in [1.54, 1.807) is 12.1 Å². The first-order valence-electron chi connectivity index (χ1n) is 9.00. The van der Waals surface area contributed by atoms with Crippen LogP contribution in [0.4, 0.5) is 5.69 Å². The standard InChI is InChI=1S/C19H14BrCl3N6O4/c1-8(16(24)30)33-28-18(31)10-5-9(21)6-12(23)15(10)26-19(32)13-7-14(20)27-29(13)17-11(22)3-2-4-25-17/h2-8H,1H3,(H2,24,30)(H,26,32)(H,28,31). The Morgan fingerprint density at radius 3 is 2.55 bits per heavy atom. The van der Waals surface area contributed by atoms with Gasteiger partial charge in [0.15, 0.2) is 11.9 Å². The number of rotatable bonds is 7. The van der Waals surface area contributed by atoms with Gasteiger partial charge in [-0.15, -0.1) is 0 Å². The van der Waals surface area contributed by atoms with Gasteiger partial charge in [0.2, 0.25) is 5.91 Å². The lowest BCUT2D eigenvalue weighted by atomic mass is 10.1. The molecule has 2 aromatic heterocycles. The zero-order valence-corrected chi connectivity index (χ0v) is 20.5. The summed E-state index contributed by atoms with van der Waals surface area (Å²) < 4.78 is 1.56. The number of halogens is 4. The fraction of sp³-hybridized carbons (Fsp3) is 0.105. The summed E-state index contributed by atoms with van der Waals surface area (Å²) in [7, 11) is 0. The van der Waals surface area contributed by atoms with Crippen LogP contribution in [0, 0.1) is 0 Å². The van der Waals surface area contributed by atoms with Crippen LogP contribution < -0.4 is 16.5 Å². The maximum atomic E-state index is 13.1. The minimum Gasteiger partial charge on any atom is -0.367 e. The fourth-order valence-electron chi connectivity index (χ4n) is 2.52. The Morgan fingerprint density at radius 2 is 1.88 bits per heavy atom. The number of pyridine rings is 1. The highest BCUT2D eigenvalue weighted by Crippen LogP contribution is 2.31. The highest BCUT2D eigenvalue weighted by Gasteiger charge is 2.23. The van der Waals surface area contributed by atoms with E-state index in [2.05, 4.69) is 36.8 Å². The Hall–Kier alpha value is -2.70. The maximum absolute atomic E-state index is 13.1. The molecule has 1 aromatic carbocycles. The normalized spacial score (nSPS) is 11.7. The molecule has 3 rings (SSSR count). The van der Waals surface area contributed by atoms with Crippen LogP contribution in [0.25, 0.3) is 5.82 Å². The molecular weight excluding hydrogens is 563 g/mol. The van der Waals surface area contributed by atoms with Crippen LogP contribution in [-0.4, -0.2) is 38.6 Å². The van der Waals surface area contributed by atoms with Crippen LogP contribution in [0.1, 0.15) is 27.8 Å². The smallest absolute Gasteiger partial charge is 0.277 e. The van der Waals surface area contributed by atoms with Gasteiger partial charge >= 0.3 is 0 Å². The Balaban J connectivity index is 1.95. The molecule has 14 heteroatoms. The third kappa shape index (κ3) is 5.81. The number of nitrogens with one attached hydrogen (secondary N) is 2. The molecule has 0 saturated carbocycles. The molecule has 172 valence electrons. The number of hydrogen-bond acceptors (Lipinski definition) is 6. The molecular formula is C19H14BrCl3N6O4. The fourth-order valence-corrected chi connectivity index (χ4v) is 3.64. The Kier molecular flexibility index (Phi) is 7.92. The van der Waals surface area contributed by atoms with Gasteiger partial charge in [0.25, 0.3) is 11.8 Å². The van der Waals surface area contributed by atoms with Crippen molar-refractivity contribution in [3.05, 3.63) is 67.5 Å². The predicted octanol–water partition coefficient (Wildman–Crippen LogP) is 3.78. The van der Waals surface area contributed by atoms with Gasteiger partial charge in [-0.1, -0.05) is 34.8 Å². The summed E-state index contributed by atoms with van der Waals surface area (Å²) in [5.74, 6) is -2.09. The van der Waals surface area contributed by atoms with Crippen LogP contribution in [0.3, 0.4) is 0 Å². The molecule has 4 N–H and O–H groups in total. The van der Waals surface area contributed by atoms with Crippen molar-refractivity contribution in [2.24, 2.45) is 5.73 Å². The Morgan fingerprint density at radius 1 is 1.15 bits per heavy atom. The second-order valence-corrected chi connectivity index (χ2v) is 8.49. The first-order chi connectivity index (χ1) is 15.6. The summed E-state index contributed by atoms with van der Waals surface area (Å²) >= 11 is 21.7. The Bertz CT molecular complexity index is 1250. The zero-order valence-electron chi connectivity index (χ0n) is 16.6. The van der Waals surface area contributed by atoms with E-state index in [4.69, 9.17) is 45.4 Å². The largest absolute Gasteiger partial charge is 0.367 e. The zero-order chi connectivity index (χ0) is 24.3. The van der Waals surface area contributed by atoms with E-state index in [-0.39, 0.29) is 37.8 Å². The second kappa shape index (κ2) is 10.5. The molecule has 0 spiro atoms. The molecule has 0 bridgehead atoms. The SMILES string of the molecule is CC(ONC(=O)c1cc(Cl)cc(Cl)c1NC(=O)c1cc(Br)nn1-c1ncccc1Cl)C(N)=O. The van der Waals surface area contributed by atoms with Crippen LogP contribution in [0.15, 0.2) is 41.1 Å². The van der Waals surface area contributed by atoms with Gasteiger partial charge in [-0.25, -0.2) is 15.1 Å². The first-order valence-corrected chi connectivity index (χ1v) is 10.9. The molecule has 0 saturated heterocycles. The quantitative estimate of drug-likeness (QED) is 0.366. The van der Waals surface area contributed by atoms with E-state index in [0.717, 1.165) is 0 Å². The summed E-state index contributed by atoms with van der Waals surface area (Å²) in [5, 5.41) is 7.12. The third-order valence-corrected chi connectivity index (χ3v) is 5.32. The van der Waals surface area contributed by atoms with Crippen molar-refractivity contribution in [3.63, 3.8) is 0 Å². The van der Waals surface area contributed by atoms with E-state index >= 15 is 0 Å². The highest BCUT2D eigenvalue weighted by molar-refractivity contribution is 9.10. The summed E-state index contributed by atoms with van der Waals surface area (Å²) in [6.45, 7) is 1.35. The number of amides is 3. The van der Waals surface area contributed by atoms with Gasteiger partial charge < -0.3 is 11.1 Å². The predicted molar refractivity (Wildman–Crippen MR) is 126 cm³/mol. The van der Waals surface area contributed by atoms with Crippen LogP contribution >= 0.6 is 50.7 Å². The molecule has 0 aliphatic rings. The van der Waals surface area contributed by atoms with Gasteiger partial charge in [-0.05, 0) is 47.1 Å². The third-order valence-electron chi connectivity index (χ3n) is 4.12. The van der Waals surface area contributed by atoms with Crippen LogP contribution in [-0.2, 0) is 9.63 Å². The first kappa shape index (κ1) is 24.9. The average Bonchev–Trinajstić information content (AvgIpc) is 3.15. The minimum absolute atomic E-state index is 0.0232. The number of aromatic nitrogens is 3. The minimum atomic E-state index is -1.10. The monoisotopic (exact) mass is 574 g/mol. The van der Waals surface area contributed by atoms with Crippen LogP contribution in [0.2, 0.25) is 15.1 Å². The number of hydrogen-bond donors (Lipinski definition) is 3. The molecule has 33 heavy (non-hydrogen) atoms. The molecule has 3 aromatic rings. The van der Waals surface area contributed by atoms with Crippen molar-refractivity contribution >= 4 is 74.1 Å². The Labute approximate surface area is 210 Å². The lowest BCUT2D eigenvalue weighted by Gasteiger charge is -2.15. The van der Waals surface area contributed by atoms with Gasteiger partial charge in [0.05, 0.1) is 21.3 Å². The molecule has 0 aliphatic carbocycles. The van der Waals surface area contributed by atoms with E-state index in [1.165, 1.54) is 36.0 Å². The van der Waals surface area contributed by atoms with Crippen LogP contribution in [0.5, 0.6) is 0 Å². The molecule has 2 heterocycles. The molecule has 0 radical (unpaired) electrons. The lowest BCUT2D eigenvalue weighted by Crippen LogP contribution is -2.36. The molecule has 0 fully saturated rings. The molecule has 10 nitrogen and oxygen atoms in total. The van der Waals surface area contributed by atoms with E-state index in [1.807, 2.05) is 0 Å². The van der Waals surface area contributed by atoms with Crippen molar-refractivity contribution in [2.45, 2.75) is 13.0 Å². The van der Waals surface area contributed by atoms with E-state index < -0.39 is 23.8 Å². The molecule has 1 atom stereocenters.